The highest BCUT2D eigenvalue weighted by atomic mass is 19.4. The molecule has 2 amide bonds. The van der Waals surface area contributed by atoms with E-state index in [1.54, 1.807) is 0 Å². The van der Waals surface area contributed by atoms with E-state index >= 15 is 0 Å². The van der Waals surface area contributed by atoms with Gasteiger partial charge in [-0.1, -0.05) is 12.1 Å². The lowest BCUT2D eigenvalue weighted by atomic mass is 9.82. The number of halogens is 3. The van der Waals surface area contributed by atoms with Gasteiger partial charge in [0.15, 0.2) is 0 Å². The number of hydrogen-bond donors (Lipinski definition) is 3. The molecule has 1 heterocycles. The van der Waals surface area contributed by atoms with Crippen LogP contribution in [-0.2, 0) is 9.53 Å². The Labute approximate surface area is 144 Å². The van der Waals surface area contributed by atoms with Gasteiger partial charge in [-0.2, -0.15) is 13.2 Å². The van der Waals surface area contributed by atoms with Crippen LogP contribution in [0.4, 0.5) is 23.7 Å². The van der Waals surface area contributed by atoms with Crippen molar-refractivity contribution in [3.05, 3.63) is 39.9 Å². The fraction of sp³-hybridized carbons (Fsp3) is 0.429. The molecule has 26 heavy (non-hydrogen) atoms. The maximum absolute atomic E-state index is 13.4. The fourth-order valence-corrected chi connectivity index (χ4v) is 2.65. The molecule has 0 bridgehead atoms. The van der Waals surface area contributed by atoms with Crippen LogP contribution in [0.1, 0.15) is 18.5 Å². The zero-order valence-electron chi connectivity index (χ0n) is 13.2. The van der Waals surface area contributed by atoms with Crippen LogP contribution in [-0.4, -0.2) is 40.5 Å². The Hall–Kier alpha value is -2.89. The van der Waals surface area contributed by atoms with Gasteiger partial charge in [0.05, 0.1) is 17.6 Å². The molecule has 12 heteroatoms. The molecule has 0 unspecified atom stereocenters. The highest BCUT2D eigenvalue weighted by Gasteiger charge is 2.67. The number of aliphatic hydroxyl groups is 1. The largest absolute Gasteiger partial charge is 0.466 e. The summed E-state index contributed by atoms with van der Waals surface area (Å²) in [4.78, 5) is 33.9. The lowest BCUT2D eigenvalue weighted by Gasteiger charge is -2.44. The number of hydrogen-bond acceptors (Lipinski definition) is 6. The molecule has 0 aliphatic carbocycles. The highest BCUT2D eigenvalue weighted by Crippen LogP contribution is 2.43. The van der Waals surface area contributed by atoms with Crippen molar-refractivity contribution < 1.29 is 37.5 Å². The van der Waals surface area contributed by atoms with Gasteiger partial charge in [-0.3, -0.25) is 14.9 Å². The van der Waals surface area contributed by atoms with Crippen molar-refractivity contribution in [1.29, 1.82) is 0 Å². The molecular formula is C14H14F3N3O6. The molecule has 1 aromatic carbocycles. The summed E-state index contributed by atoms with van der Waals surface area (Å²) in [5, 5.41) is 24.4. The van der Waals surface area contributed by atoms with Crippen LogP contribution in [0.15, 0.2) is 24.3 Å². The predicted octanol–water partition coefficient (Wildman–Crippen LogP) is 1.38. The molecule has 0 radical (unpaired) electrons. The molecule has 1 fully saturated rings. The van der Waals surface area contributed by atoms with Crippen LogP contribution in [0.25, 0.3) is 0 Å². The first-order valence-corrected chi connectivity index (χ1v) is 7.30. The van der Waals surface area contributed by atoms with Gasteiger partial charge in [0.25, 0.3) is 11.4 Å². The molecule has 1 aromatic rings. The molecule has 1 aliphatic rings. The van der Waals surface area contributed by atoms with E-state index < -0.39 is 46.5 Å². The van der Waals surface area contributed by atoms with E-state index in [-0.39, 0.29) is 12.2 Å². The molecule has 142 valence electrons. The maximum Gasteiger partial charge on any atom is 0.437 e. The number of carbonyl (C=O) groups excluding carboxylic acids is 2. The normalized spacial score (nSPS) is 25.8. The van der Waals surface area contributed by atoms with Crippen molar-refractivity contribution in [3.8, 4) is 0 Å². The minimum atomic E-state index is -5.42. The summed E-state index contributed by atoms with van der Waals surface area (Å²) in [5.74, 6) is -3.77. The van der Waals surface area contributed by atoms with Crippen molar-refractivity contribution >= 4 is 17.7 Å². The van der Waals surface area contributed by atoms with E-state index in [4.69, 9.17) is 0 Å². The second kappa shape index (κ2) is 6.78. The molecule has 2 rings (SSSR count). The van der Waals surface area contributed by atoms with Crippen LogP contribution >= 0.6 is 0 Å². The average Bonchev–Trinajstić information content (AvgIpc) is 2.53. The predicted molar refractivity (Wildman–Crippen MR) is 78.6 cm³/mol. The number of rotatable bonds is 4. The number of urea groups is 1. The van der Waals surface area contributed by atoms with Crippen molar-refractivity contribution in [2.45, 2.75) is 24.9 Å². The minimum absolute atomic E-state index is 0.172. The summed E-state index contributed by atoms with van der Waals surface area (Å²) < 4.78 is 44.9. The number of carbonyl (C=O) groups is 2. The molecule has 0 spiro atoms. The standard InChI is InChI=1S/C14H14F3N3O6/c1-2-26-11(21)9-10(7-4-3-5-8(6-7)20(24)25)18-12(22)19-13(9,23)14(15,16)17/h3-6,9-10,23H,2H2,1H3,(H2,18,19,22)/t9-,10-,13-/m1/s1. The monoisotopic (exact) mass is 377 g/mol. The van der Waals surface area contributed by atoms with Gasteiger partial charge in [-0.15, -0.1) is 0 Å². The van der Waals surface area contributed by atoms with E-state index in [1.165, 1.54) is 24.4 Å². The van der Waals surface area contributed by atoms with Crippen molar-refractivity contribution in [1.82, 2.24) is 10.6 Å². The van der Waals surface area contributed by atoms with Gasteiger partial charge in [-0.25, -0.2) is 4.79 Å². The van der Waals surface area contributed by atoms with Gasteiger partial charge in [0.1, 0.15) is 5.92 Å². The van der Waals surface area contributed by atoms with E-state index in [2.05, 4.69) is 10.1 Å². The Balaban J connectivity index is 2.60. The number of non-ortho nitro benzene ring substituents is 1. The molecule has 1 aliphatic heterocycles. The van der Waals surface area contributed by atoms with Gasteiger partial charge in [0, 0.05) is 12.1 Å². The summed E-state index contributed by atoms with van der Waals surface area (Å²) in [7, 11) is 0. The number of nitrogens with one attached hydrogen (secondary N) is 2. The Morgan fingerprint density at radius 2 is 2.12 bits per heavy atom. The molecule has 1 saturated heterocycles. The summed E-state index contributed by atoms with van der Waals surface area (Å²) in [6.07, 6.45) is -5.42. The number of esters is 1. The highest BCUT2D eigenvalue weighted by molar-refractivity contribution is 5.83. The van der Waals surface area contributed by atoms with Crippen molar-refractivity contribution in [2.75, 3.05) is 6.61 Å². The molecular weight excluding hydrogens is 363 g/mol. The number of benzene rings is 1. The quantitative estimate of drug-likeness (QED) is 0.413. The van der Waals surface area contributed by atoms with Gasteiger partial charge >= 0.3 is 18.2 Å². The van der Waals surface area contributed by atoms with Crippen molar-refractivity contribution in [2.24, 2.45) is 5.92 Å². The second-order valence-electron chi connectivity index (χ2n) is 5.42. The van der Waals surface area contributed by atoms with E-state index in [1.807, 2.05) is 0 Å². The average molecular weight is 377 g/mol. The van der Waals surface area contributed by atoms with Crippen LogP contribution in [0.3, 0.4) is 0 Å². The molecule has 9 nitrogen and oxygen atoms in total. The van der Waals surface area contributed by atoms with Crippen LogP contribution in [0.5, 0.6) is 0 Å². The van der Waals surface area contributed by atoms with Crippen LogP contribution < -0.4 is 10.6 Å². The van der Waals surface area contributed by atoms with Gasteiger partial charge < -0.3 is 20.5 Å². The number of nitro groups is 1. The van der Waals surface area contributed by atoms with Gasteiger partial charge in [0.2, 0.25) is 0 Å². The summed E-state index contributed by atoms with van der Waals surface area (Å²) in [6.45, 7) is 1.07. The molecule has 3 atom stereocenters. The summed E-state index contributed by atoms with van der Waals surface area (Å²) in [5.41, 5.74) is -4.56. The smallest absolute Gasteiger partial charge is 0.437 e. The number of nitro benzene ring substituents is 1. The first-order chi connectivity index (χ1) is 12.0. The Kier molecular flexibility index (Phi) is 5.07. The number of amides is 2. The lowest BCUT2D eigenvalue weighted by molar-refractivity contribution is -0.385. The topological polar surface area (TPSA) is 131 Å². The minimum Gasteiger partial charge on any atom is -0.466 e. The Bertz CT molecular complexity index is 741. The molecule has 3 N–H and O–H groups in total. The lowest BCUT2D eigenvalue weighted by Crippen LogP contribution is -2.73. The first kappa shape index (κ1) is 19.4. The van der Waals surface area contributed by atoms with Crippen molar-refractivity contribution in [3.63, 3.8) is 0 Å². The second-order valence-corrected chi connectivity index (χ2v) is 5.42. The third-order valence-electron chi connectivity index (χ3n) is 3.79. The van der Waals surface area contributed by atoms with E-state index in [9.17, 15) is 38.0 Å². The molecule has 0 saturated carbocycles. The summed E-state index contributed by atoms with van der Waals surface area (Å²) in [6, 6.07) is 1.24. The van der Waals surface area contributed by atoms with Crippen LogP contribution in [0, 0.1) is 16.0 Å². The Morgan fingerprint density at radius 1 is 1.46 bits per heavy atom. The number of alkyl halides is 3. The van der Waals surface area contributed by atoms with E-state index in [0.29, 0.717) is 0 Å². The van der Waals surface area contributed by atoms with Crippen LogP contribution in [0.2, 0.25) is 0 Å². The maximum atomic E-state index is 13.4. The first-order valence-electron chi connectivity index (χ1n) is 7.30. The van der Waals surface area contributed by atoms with E-state index in [0.717, 1.165) is 12.1 Å². The number of nitrogens with zero attached hydrogens (tertiary/aromatic N) is 1. The SMILES string of the molecule is CCOC(=O)[C@H]1[C@@H](c2cccc([N+](=O)[O-])c2)NC(=O)N[C@]1(O)C(F)(F)F. The zero-order valence-corrected chi connectivity index (χ0v) is 13.2. The fourth-order valence-electron chi connectivity index (χ4n) is 2.65. The zero-order chi connectivity index (χ0) is 19.7. The third kappa shape index (κ3) is 3.40. The third-order valence-corrected chi connectivity index (χ3v) is 3.79. The summed E-state index contributed by atoms with van der Waals surface area (Å²) >= 11 is 0. The molecule has 0 aromatic heterocycles. The van der Waals surface area contributed by atoms with Gasteiger partial charge in [-0.05, 0) is 12.5 Å². The number of ether oxygens (including phenoxy) is 1. The Morgan fingerprint density at radius 3 is 2.65 bits per heavy atom.